The molecule has 1 aliphatic carbocycles. The topological polar surface area (TPSA) is 29.3 Å². The van der Waals surface area contributed by atoms with Gasteiger partial charge in [-0.1, -0.05) is 25.8 Å². The summed E-state index contributed by atoms with van der Waals surface area (Å²) in [4.78, 5) is 2.23. The Morgan fingerprint density at radius 1 is 1.33 bits per heavy atom. The van der Waals surface area contributed by atoms with Crippen molar-refractivity contribution in [3.05, 3.63) is 34.6 Å². The zero-order valence-electron chi connectivity index (χ0n) is 14.0. The summed E-state index contributed by atoms with van der Waals surface area (Å²) in [5.74, 6) is 0.487. The summed E-state index contributed by atoms with van der Waals surface area (Å²) in [5.41, 5.74) is 9.12. The lowest BCUT2D eigenvalue weighted by Gasteiger charge is -2.49. The fourth-order valence-corrected chi connectivity index (χ4v) is 4.12. The van der Waals surface area contributed by atoms with Crippen LogP contribution in [0.3, 0.4) is 0 Å². The molecule has 0 amide bonds. The average molecular weight is 292 g/mol. The summed E-state index contributed by atoms with van der Waals surface area (Å²) < 4.78 is 14.5. The highest BCUT2D eigenvalue weighted by molar-refractivity contribution is 5.36. The van der Waals surface area contributed by atoms with E-state index in [0.29, 0.717) is 11.5 Å². The number of benzene rings is 1. The Hall–Kier alpha value is -0.930. The van der Waals surface area contributed by atoms with Crippen molar-refractivity contribution in [1.82, 2.24) is 4.90 Å². The highest BCUT2D eigenvalue weighted by atomic mass is 19.1. The highest BCUT2D eigenvalue weighted by Crippen LogP contribution is 2.44. The number of halogens is 1. The molecule has 3 atom stereocenters. The van der Waals surface area contributed by atoms with Gasteiger partial charge in [-0.3, -0.25) is 0 Å². The Labute approximate surface area is 128 Å². The number of nitrogens with two attached hydrogens (primary N) is 1. The SMILES string of the molecule is Cc1cc(C)c(C(N)C2(N(C)C)CCCC(C)C2)c(F)c1. The first-order valence-electron chi connectivity index (χ1n) is 7.97. The molecule has 1 fully saturated rings. The number of aryl methyl sites for hydroxylation is 2. The molecule has 3 unspecified atom stereocenters. The van der Waals surface area contributed by atoms with Crippen LogP contribution in [0.2, 0.25) is 0 Å². The van der Waals surface area contributed by atoms with Crippen LogP contribution in [-0.2, 0) is 0 Å². The van der Waals surface area contributed by atoms with Crippen molar-refractivity contribution < 1.29 is 4.39 Å². The van der Waals surface area contributed by atoms with Crippen molar-refractivity contribution in [1.29, 1.82) is 0 Å². The molecular weight excluding hydrogens is 263 g/mol. The maximum atomic E-state index is 14.5. The van der Waals surface area contributed by atoms with Gasteiger partial charge in [-0.2, -0.15) is 0 Å². The van der Waals surface area contributed by atoms with Gasteiger partial charge >= 0.3 is 0 Å². The van der Waals surface area contributed by atoms with Crippen LogP contribution in [0, 0.1) is 25.6 Å². The van der Waals surface area contributed by atoms with Gasteiger partial charge in [0.2, 0.25) is 0 Å². The number of hydrogen-bond acceptors (Lipinski definition) is 2. The third kappa shape index (κ3) is 3.00. The third-order valence-corrected chi connectivity index (χ3v) is 5.27. The molecular formula is C18H29FN2. The Bertz CT molecular complexity index is 489. The Morgan fingerprint density at radius 2 is 2.00 bits per heavy atom. The van der Waals surface area contributed by atoms with Gasteiger partial charge in [-0.25, -0.2) is 4.39 Å². The quantitative estimate of drug-likeness (QED) is 0.914. The second-order valence-electron chi connectivity index (χ2n) is 7.15. The molecule has 0 aromatic heterocycles. The summed E-state index contributed by atoms with van der Waals surface area (Å²) >= 11 is 0. The van der Waals surface area contributed by atoms with Crippen molar-refractivity contribution in [2.75, 3.05) is 14.1 Å². The van der Waals surface area contributed by atoms with E-state index in [4.69, 9.17) is 5.73 Å². The Morgan fingerprint density at radius 3 is 2.52 bits per heavy atom. The zero-order valence-corrected chi connectivity index (χ0v) is 14.0. The van der Waals surface area contributed by atoms with Crippen LogP contribution in [0.4, 0.5) is 4.39 Å². The maximum absolute atomic E-state index is 14.5. The smallest absolute Gasteiger partial charge is 0.128 e. The second-order valence-corrected chi connectivity index (χ2v) is 7.15. The van der Waals surface area contributed by atoms with E-state index in [1.807, 2.05) is 19.9 Å². The molecule has 2 N–H and O–H groups in total. The van der Waals surface area contributed by atoms with E-state index in [0.717, 1.165) is 24.0 Å². The molecule has 118 valence electrons. The monoisotopic (exact) mass is 292 g/mol. The molecule has 1 saturated carbocycles. The molecule has 3 heteroatoms. The van der Waals surface area contributed by atoms with Crippen molar-refractivity contribution in [3.8, 4) is 0 Å². The minimum atomic E-state index is -0.282. The highest BCUT2D eigenvalue weighted by Gasteiger charge is 2.43. The second kappa shape index (κ2) is 6.05. The van der Waals surface area contributed by atoms with Crippen LogP contribution in [0.15, 0.2) is 12.1 Å². The van der Waals surface area contributed by atoms with E-state index in [-0.39, 0.29) is 17.4 Å². The minimum Gasteiger partial charge on any atom is -0.322 e. The molecule has 0 heterocycles. The van der Waals surface area contributed by atoms with Gasteiger partial charge in [-0.15, -0.1) is 0 Å². The molecule has 21 heavy (non-hydrogen) atoms. The third-order valence-electron chi connectivity index (χ3n) is 5.27. The summed E-state index contributed by atoms with van der Waals surface area (Å²) in [6, 6.07) is 3.36. The molecule has 2 nitrogen and oxygen atoms in total. The number of likely N-dealkylation sites (N-methyl/N-ethyl adjacent to an activating group) is 1. The summed E-state index contributed by atoms with van der Waals surface area (Å²) in [7, 11) is 4.17. The number of rotatable bonds is 3. The first-order chi connectivity index (χ1) is 9.78. The van der Waals surface area contributed by atoms with Crippen LogP contribution in [0.25, 0.3) is 0 Å². The summed E-state index contributed by atoms with van der Waals surface area (Å²) in [5, 5.41) is 0. The van der Waals surface area contributed by atoms with Crippen LogP contribution in [0.1, 0.15) is 55.3 Å². The first kappa shape index (κ1) is 16.4. The average Bonchev–Trinajstić information content (AvgIpc) is 2.36. The molecule has 0 bridgehead atoms. The van der Waals surface area contributed by atoms with Crippen LogP contribution < -0.4 is 5.73 Å². The standard InChI is InChI=1S/C18H29FN2/c1-12-7-6-8-18(11-12,21(4)5)17(20)16-14(3)9-13(2)10-15(16)19/h9-10,12,17H,6-8,11,20H2,1-5H3. The van der Waals surface area contributed by atoms with E-state index in [1.165, 1.54) is 12.8 Å². The van der Waals surface area contributed by atoms with Crippen molar-refractivity contribution in [2.24, 2.45) is 11.7 Å². The van der Waals surface area contributed by atoms with Gasteiger partial charge in [0, 0.05) is 11.1 Å². The molecule has 0 saturated heterocycles. The van der Waals surface area contributed by atoms with E-state index in [9.17, 15) is 4.39 Å². The van der Waals surface area contributed by atoms with E-state index in [2.05, 4.69) is 25.9 Å². The Kier molecular flexibility index (Phi) is 4.74. The zero-order chi connectivity index (χ0) is 15.8. The van der Waals surface area contributed by atoms with Crippen molar-refractivity contribution >= 4 is 0 Å². The molecule has 2 rings (SSSR count). The van der Waals surface area contributed by atoms with Gasteiger partial charge in [0.1, 0.15) is 5.82 Å². The predicted octanol–water partition coefficient (Wildman–Crippen LogP) is 3.95. The van der Waals surface area contributed by atoms with Gasteiger partial charge in [0.15, 0.2) is 0 Å². The van der Waals surface area contributed by atoms with E-state index in [1.54, 1.807) is 6.07 Å². The number of nitrogens with zero attached hydrogens (tertiary/aromatic N) is 1. The molecule has 1 aromatic carbocycles. The lowest BCUT2D eigenvalue weighted by Crippen LogP contribution is -2.55. The molecule has 0 aliphatic heterocycles. The molecule has 0 radical (unpaired) electrons. The summed E-state index contributed by atoms with van der Waals surface area (Å²) in [6.07, 6.45) is 4.49. The van der Waals surface area contributed by atoms with Gasteiger partial charge < -0.3 is 10.6 Å². The largest absolute Gasteiger partial charge is 0.322 e. The van der Waals surface area contributed by atoms with Gasteiger partial charge in [0.25, 0.3) is 0 Å². The normalized spacial score (nSPS) is 27.9. The summed E-state index contributed by atoms with van der Waals surface area (Å²) in [6.45, 7) is 6.18. The Balaban J connectivity index is 2.47. The minimum absolute atomic E-state index is 0.140. The van der Waals surface area contributed by atoms with Crippen molar-refractivity contribution in [2.45, 2.75) is 58.0 Å². The van der Waals surface area contributed by atoms with Gasteiger partial charge in [-0.05, 0) is 63.9 Å². The number of hydrogen-bond donors (Lipinski definition) is 1. The van der Waals surface area contributed by atoms with Crippen molar-refractivity contribution in [3.63, 3.8) is 0 Å². The lowest BCUT2D eigenvalue weighted by molar-refractivity contribution is 0.0486. The fourth-order valence-electron chi connectivity index (χ4n) is 4.12. The van der Waals surface area contributed by atoms with Gasteiger partial charge in [0.05, 0.1) is 6.04 Å². The van der Waals surface area contributed by atoms with Crippen LogP contribution >= 0.6 is 0 Å². The van der Waals surface area contributed by atoms with E-state index >= 15 is 0 Å². The fraction of sp³-hybridized carbons (Fsp3) is 0.667. The van der Waals surface area contributed by atoms with E-state index < -0.39 is 0 Å². The predicted molar refractivity (Wildman–Crippen MR) is 86.9 cm³/mol. The maximum Gasteiger partial charge on any atom is 0.128 e. The van der Waals surface area contributed by atoms with Crippen LogP contribution in [0.5, 0.6) is 0 Å². The molecule has 1 aliphatic rings. The molecule has 1 aromatic rings. The lowest BCUT2D eigenvalue weighted by atomic mass is 9.69. The van der Waals surface area contributed by atoms with Crippen LogP contribution in [-0.4, -0.2) is 24.5 Å². The first-order valence-corrected chi connectivity index (χ1v) is 7.97. The molecule has 0 spiro atoms.